The molecule has 0 aromatic carbocycles. The van der Waals surface area contributed by atoms with Crippen molar-refractivity contribution in [2.45, 2.75) is 37.8 Å². The van der Waals surface area contributed by atoms with E-state index in [2.05, 4.69) is 15.3 Å². The van der Waals surface area contributed by atoms with Crippen LogP contribution in [0.3, 0.4) is 0 Å². The molecule has 1 N–H and O–H groups in total. The molecular weight excluding hydrogens is 342 g/mol. The van der Waals surface area contributed by atoms with Gasteiger partial charge >= 0.3 is 0 Å². The van der Waals surface area contributed by atoms with E-state index in [1.807, 2.05) is 19.1 Å². The number of nitrogens with zero attached hydrogens (tertiary/aromatic N) is 2. The molecular formula is C17H17N3O2S2. The summed E-state index contributed by atoms with van der Waals surface area (Å²) in [4.78, 5) is 23.8. The van der Waals surface area contributed by atoms with Crippen molar-refractivity contribution in [1.82, 2.24) is 15.3 Å². The highest BCUT2D eigenvalue weighted by Crippen LogP contribution is 2.40. The number of carbonyl (C=O) groups is 1. The van der Waals surface area contributed by atoms with Crippen molar-refractivity contribution in [1.29, 1.82) is 0 Å². The summed E-state index contributed by atoms with van der Waals surface area (Å²) in [7, 11) is 0. The van der Waals surface area contributed by atoms with Crippen molar-refractivity contribution >= 4 is 39.2 Å². The number of rotatable bonds is 5. The van der Waals surface area contributed by atoms with Gasteiger partial charge in [-0.25, -0.2) is 9.97 Å². The number of carbonyl (C=O) groups excluding carboxylic acids is 1. The summed E-state index contributed by atoms with van der Waals surface area (Å²) in [5.41, 5.74) is 1.40. The Balaban J connectivity index is 1.49. The molecule has 0 saturated heterocycles. The highest BCUT2D eigenvalue weighted by Gasteiger charge is 2.22. The number of thiophene rings is 1. The molecule has 0 bridgehead atoms. The minimum absolute atomic E-state index is 0.0207. The number of nitrogens with one attached hydrogen (secondary N) is 1. The Labute approximate surface area is 147 Å². The third-order valence-electron chi connectivity index (χ3n) is 4.02. The van der Waals surface area contributed by atoms with Gasteiger partial charge in [-0.05, 0) is 43.9 Å². The molecule has 1 aliphatic carbocycles. The number of fused-ring (bicyclic) bond motifs is 3. The first-order valence-corrected chi connectivity index (χ1v) is 9.71. The molecule has 0 spiro atoms. The third kappa shape index (κ3) is 3.06. The predicted octanol–water partition coefficient (Wildman–Crippen LogP) is 3.49. The molecule has 0 fully saturated rings. The standard InChI is InChI=1S/C17H17N3O2S2/c1-10-19-16(15-12-5-2-6-13(12)24-17(15)20-10)23-9-14(21)18-8-11-4-3-7-22-11/h3-4,7H,2,5-6,8-9H2,1H3,(H,18,21). The predicted molar refractivity (Wildman–Crippen MR) is 95.5 cm³/mol. The van der Waals surface area contributed by atoms with E-state index < -0.39 is 0 Å². The van der Waals surface area contributed by atoms with Crippen LogP contribution in [0.15, 0.2) is 27.8 Å². The minimum Gasteiger partial charge on any atom is -0.467 e. The zero-order valence-electron chi connectivity index (χ0n) is 13.3. The molecule has 4 rings (SSSR count). The third-order valence-corrected chi connectivity index (χ3v) is 6.18. The van der Waals surface area contributed by atoms with Crippen LogP contribution in [0.2, 0.25) is 0 Å². The molecule has 0 radical (unpaired) electrons. The Morgan fingerprint density at radius 1 is 1.42 bits per heavy atom. The number of furan rings is 1. The average molecular weight is 359 g/mol. The lowest BCUT2D eigenvalue weighted by atomic mass is 10.2. The van der Waals surface area contributed by atoms with E-state index in [1.165, 1.54) is 34.0 Å². The second kappa shape index (κ2) is 6.57. The molecule has 3 heterocycles. The summed E-state index contributed by atoms with van der Waals surface area (Å²) in [6.07, 6.45) is 5.05. The van der Waals surface area contributed by atoms with Crippen LogP contribution in [0.4, 0.5) is 0 Å². The molecule has 5 nitrogen and oxygen atoms in total. The highest BCUT2D eigenvalue weighted by molar-refractivity contribution is 8.00. The molecule has 1 aliphatic rings. The molecule has 1 amide bonds. The van der Waals surface area contributed by atoms with E-state index >= 15 is 0 Å². The maximum Gasteiger partial charge on any atom is 0.230 e. The van der Waals surface area contributed by atoms with Crippen LogP contribution >= 0.6 is 23.1 Å². The Kier molecular flexibility index (Phi) is 4.28. The van der Waals surface area contributed by atoms with Crippen LogP contribution in [-0.2, 0) is 24.2 Å². The molecule has 124 valence electrons. The van der Waals surface area contributed by atoms with Crippen molar-refractivity contribution in [3.8, 4) is 0 Å². The van der Waals surface area contributed by atoms with E-state index in [1.54, 1.807) is 17.6 Å². The quantitative estimate of drug-likeness (QED) is 0.558. The summed E-state index contributed by atoms with van der Waals surface area (Å²) >= 11 is 3.27. The average Bonchev–Trinajstić information content (AvgIpc) is 3.26. The summed E-state index contributed by atoms with van der Waals surface area (Å²) in [6.45, 7) is 2.32. The van der Waals surface area contributed by atoms with Crippen molar-refractivity contribution in [2.75, 3.05) is 5.75 Å². The largest absolute Gasteiger partial charge is 0.467 e. The zero-order valence-corrected chi connectivity index (χ0v) is 14.9. The van der Waals surface area contributed by atoms with Crippen molar-refractivity contribution in [3.63, 3.8) is 0 Å². The van der Waals surface area contributed by atoms with Crippen LogP contribution in [0.25, 0.3) is 10.2 Å². The molecule has 3 aromatic heterocycles. The van der Waals surface area contributed by atoms with Gasteiger partial charge in [-0.2, -0.15) is 0 Å². The molecule has 0 aliphatic heterocycles. The molecule has 3 aromatic rings. The van der Waals surface area contributed by atoms with Gasteiger partial charge in [0, 0.05) is 10.3 Å². The van der Waals surface area contributed by atoms with Gasteiger partial charge in [-0.3, -0.25) is 4.79 Å². The number of amides is 1. The number of hydrogen-bond donors (Lipinski definition) is 1. The van der Waals surface area contributed by atoms with Gasteiger partial charge in [0.25, 0.3) is 0 Å². The van der Waals surface area contributed by atoms with E-state index in [-0.39, 0.29) is 5.91 Å². The fourth-order valence-corrected chi connectivity index (χ4v) is 5.25. The van der Waals surface area contributed by atoms with Crippen LogP contribution in [0, 0.1) is 6.92 Å². The highest BCUT2D eigenvalue weighted by atomic mass is 32.2. The van der Waals surface area contributed by atoms with Gasteiger partial charge in [0.05, 0.1) is 18.6 Å². The minimum atomic E-state index is -0.0207. The lowest BCUT2D eigenvalue weighted by Crippen LogP contribution is -2.24. The van der Waals surface area contributed by atoms with E-state index in [0.717, 1.165) is 34.3 Å². The first-order chi connectivity index (χ1) is 11.7. The van der Waals surface area contributed by atoms with E-state index in [4.69, 9.17) is 4.42 Å². The van der Waals surface area contributed by atoms with Gasteiger partial charge in [0.2, 0.25) is 5.91 Å². The monoisotopic (exact) mass is 359 g/mol. The Morgan fingerprint density at radius 3 is 3.17 bits per heavy atom. The van der Waals surface area contributed by atoms with Gasteiger partial charge in [0.1, 0.15) is 21.4 Å². The number of thioether (sulfide) groups is 1. The summed E-state index contributed by atoms with van der Waals surface area (Å²) in [5, 5.41) is 4.97. The first-order valence-electron chi connectivity index (χ1n) is 7.91. The number of aryl methyl sites for hydroxylation is 3. The van der Waals surface area contributed by atoms with Crippen molar-refractivity contribution in [3.05, 3.63) is 40.4 Å². The first kappa shape index (κ1) is 15.7. The second-order valence-corrected chi connectivity index (χ2v) is 7.81. The lowest BCUT2D eigenvalue weighted by molar-refractivity contribution is -0.118. The molecule has 0 unspecified atom stereocenters. The maximum atomic E-state index is 12.1. The molecule has 0 saturated carbocycles. The van der Waals surface area contributed by atoms with Gasteiger partial charge < -0.3 is 9.73 Å². The van der Waals surface area contributed by atoms with Crippen molar-refractivity contribution in [2.24, 2.45) is 0 Å². The van der Waals surface area contributed by atoms with Crippen LogP contribution in [0.5, 0.6) is 0 Å². The fraction of sp³-hybridized carbons (Fsp3) is 0.353. The molecule has 24 heavy (non-hydrogen) atoms. The number of hydrogen-bond acceptors (Lipinski definition) is 6. The second-order valence-electron chi connectivity index (χ2n) is 5.76. The zero-order chi connectivity index (χ0) is 16.5. The lowest BCUT2D eigenvalue weighted by Gasteiger charge is -2.06. The van der Waals surface area contributed by atoms with Gasteiger partial charge in [-0.15, -0.1) is 11.3 Å². The number of aromatic nitrogens is 2. The smallest absolute Gasteiger partial charge is 0.230 e. The Hall–Kier alpha value is -1.86. The summed E-state index contributed by atoms with van der Waals surface area (Å²) in [6, 6.07) is 3.66. The van der Waals surface area contributed by atoms with E-state index in [0.29, 0.717) is 12.3 Å². The van der Waals surface area contributed by atoms with Crippen LogP contribution in [-0.4, -0.2) is 21.6 Å². The van der Waals surface area contributed by atoms with Crippen molar-refractivity contribution < 1.29 is 9.21 Å². The SMILES string of the molecule is Cc1nc(SCC(=O)NCc2ccco2)c2c3c(sc2n1)CCC3. The van der Waals surface area contributed by atoms with Gasteiger partial charge in [0.15, 0.2) is 0 Å². The molecule has 0 atom stereocenters. The topological polar surface area (TPSA) is 68.0 Å². The van der Waals surface area contributed by atoms with E-state index in [9.17, 15) is 4.79 Å². The molecule has 7 heteroatoms. The van der Waals surface area contributed by atoms with Gasteiger partial charge in [-0.1, -0.05) is 11.8 Å². The fourth-order valence-electron chi connectivity index (χ4n) is 2.95. The Morgan fingerprint density at radius 2 is 2.33 bits per heavy atom. The van der Waals surface area contributed by atoms with Crippen LogP contribution in [0.1, 0.15) is 28.4 Å². The normalized spacial score (nSPS) is 13.4. The summed E-state index contributed by atoms with van der Waals surface area (Å²) in [5.74, 6) is 1.84. The van der Waals surface area contributed by atoms with Crippen LogP contribution < -0.4 is 5.32 Å². The maximum absolute atomic E-state index is 12.1. The summed E-state index contributed by atoms with van der Waals surface area (Å²) < 4.78 is 5.22. The Bertz CT molecular complexity index is 887.